The number of hydrogen-bond acceptors (Lipinski definition) is 6. The van der Waals surface area contributed by atoms with Gasteiger partial charge in [-0.1, -0.05) is 49.9 Å². The van der Waals surface area contributed by atoms with Crippen LogP contribution in [0.3, 0.4) is 0 Å². The number of urea groups is 1. The largest absolute Gasteiger partial charge is 0.573 e. The van der Waals surface area contributed by atoms with Gasteiger partial charge in [0, 0.05) is 29.6 Å². The van der Waals surface area contributed by atoms with Gasteiger partial charge in [0.15, 0.2) is 11.0 Å². The lowest BCUT2D eigenvalue weighted by molar-refractivity contribution is -0.274. The molecule has 4 aromatic rings. The summed E-state index contributed by atoms with van der Waals surface area (Å²) in [6.45, 7) is 6.05. The van der Waals surface area contributed by atoms with Crippen LogP contribution in [0.4, 0.5) is 28.0 Å². The molecule has 2 heterocycles. The minimum atomic E-state index is -4.78. The highest BCUT2D eigenvalue weighted by Crippen LogP contribution is 2.35. The number of anilines is 1. The van der Waals surface area contributed by atoms with E-state index in [4.69, 9.17) is 0 Å². The molecule has 1 N–H and O–H groups in total. The van der Waals surface area contributed by atoms with E-state index in [9.17, 15) is 27.6 Å². The average molecular weight is 666 g/mol. The normalized spacial score (nSPS) is 16.6. The van der Waals surface area contributed by atoms with Crippen LogP contribution in [0.1, 0.15) is 50.2 Å². The van der Waals surface area contributed by atoms with Gasteiger partial charge < -0.3 is 15.0 Å². The Bertz CT molecular complexity index is 1780. The van der Waals surface area contributed by atoms with E-state index in [-0.39, 0.29) is 30.1 Å². The smallest absolute Gasteiger partial charge is 0.406 e. The SMILES string of the molecule is CC(C)c1cc(F)ccc1N1/C(=N/C(=O)NCC(C#N)c2ccc(-c3ncn(-c4ccc(OC(F)(F)F)cc4)n3)cc2)SCCC1C. The van der Waals surface area contributed by atoms with Crippen molar-refractivity contribution in [3.8, 4) is 28.9 Å². The van der Waals surface area contributed by atoms with E-state index in [0.29, 0.717) is 27.8 Å². The molecule has 3 aromatic carbocycles. The van der Waals surface area contributed by atoms with Crippen molar-refractivity contribution in [3.05, 3.63) is 90.0 Å². The molecule has 1 aliphatic heterocycles. The Hall–Kier alpha value is -4.90. The summed E-state index contributed by atoms with van der Waals surface area (Å²) in [5.41, 5.74) is 3.45. The molecule has 1 saturated heterocycles. The number of halogens is 4. The van der Waals surface area contributed by atoms with Gasteiger partial charge in [-0.3, -0.25) is 0 Å². The van der Waals surface area contributed by atoms with E-state index in [1.165, 1.54) is 59.2 Å². The second-order valence-electron chi connectivity index (χ2n) is 11.2. The van der Waals surface area contributed by atoms with Crippen LogP contribution in [0.2, 0.25) is 0 Å². The Kier molecular flexibility index (Phi) is 10.1. The van der Waals surface area contributed by atoms with Crippen molar-refractivity contribution in [1.82, 2.24) is 20.1 Å². The number of carbonyl (C=O) groups excluding carboxylic acids is 1. The first-order valence-electron chi connectivity index (χ1n) is 14.8. The molecule has 0 bridgehead atoms. The molecule has 47 heavy (non-hydrogen) atoms. The van der Waals surface area contributed by atoms with E-state index in [2.05, 4.69) is 31.2 Å². The first-order chi connectivity index (χ1) is 22.4. The lowest BCUT2D eigenvalue weighted by Gasteiger charge is -2.37. The molecule has 0 aliphatic carbocycles. The number of amides is 2. The Balaban J connectivity index is 1.24. The summed E-state index contributed by atoms with van der Waals surface area (Å²) in [5.74, 6) is -0.107. The van der Waals surface area contributed by atoms with Crippen LogP contribution in [-0.4, -0.2) is 50.7 Å². The third kappa shape index (κ3) is 8.28. The number of rotatable bonds is 8. The number of thioether (sulfide) groups is 1. The van der Waals surface area contributed by atoms with Crippen molar-refractivity contribution in [2.24, 2.45) is 4.99 Å². The number of alkyl halides is 3. The van der Waals surface area contributed by atoms with E-state index < -0.39 is 18.3 Å². The Morgan fingerprint density at radius 3 is 2.53 bits per heavy atom. The molecule has 0 radical (unpaired) electrons. The topological polar surface area (TPSA) is 108 Å². The van der Waals surface area contributed by atoms with Crippen molar-refractivity contribution in [2.45, 2.75) is 51.4 Å². The van der Waals surface area contributed by atoms with Crippen molar-refractivity contribution in [2.75, 3.05) is 17.2 Å². The third-order valence-electron chi connectivity index (χ3n) is 7.49. The van der Waals surface area contributed by atoms with Gasteiger partial charge in [-0.2, -0.15) is 10.3 Å². The molecule has 244 valence electrons. The Labute approximate surface area is 273 Å². The fourth-order valence-corrected chi connectivity index (χ4v) is 6.29. The number of aromatic nitrogens is 3. The fourth-order valence-electron chi connectivity index (χ4n) is 5.08. The van der Waals surface area contributed by atoms with Gasteiger partial charge in [-0.15, -0.1) is 18.3 Å². The standard InChI is InChI=1S/C33H31F4N7O2S/c1-20(2)28-16-25(34)8-13-29(28)44-21(3)14-15-47-32(44)41-31(45)39-18-24(17-38)22-4-6-23(7-5-22)30-40-19-43(42-30)26-9-11-27(12-10-26)46-33(35,36)37/h4-13,16,19-21,24H,14-15,18H2,1-3H3,(H,39,45)/b41-32-. The number of benzene rings is 3. The van der Waals surface area contributed by atoms with Gasteiger partial charge in [0.05, 0.1) is 17.7 Å². The molecule has 1 fully saturated rings. The van der Waals surface area contributed by atoms with Crippen molar-refractivity contribution >= 4 is 28.6 Å². The molecule has 1 aromatic heterocycles. The van der Waals surface area contributed by atoms with Gasteiger partial charge >= 0.3 is 12.4 Å². The molecule has 5 rings (SSSR count). The van der Waals surface area contributed by atoms with Gasteiger partial charge in [0.25, 0.3) is 0 Å². The Morgan fingerprint density at radius 1 is 1.15 bits per heavy atom. The predicted octanol–water partition coefficient (Wildman–Crippen LogP) is 7.80. The highest BCUT2D eigenvalue weighted by Gasteiger charge is 2.31. The summed E-state index contributed by atoms with van der Waals surface area (Å²) in [4.78, 5) is 23.6. The summed E-state index contributed by atoms with van der Waals surface area (Å²) >= 11 is 1.46. The fraction of sp³-hybridized carbons (Fsp3) is 0.303. The summed E-state index contributed by atoms with van der Waals surface area (Å²) in [5, 5.41) is 17.5. The highest BCUT2D eigenvalue weighted by atomic mass is 32.2. The maximum Gasteiger partial charge on any atom is 0.573 e. The summed E-state index contributed by atoms with van der Waals surface area (Å²) in [6.07, 6.45) is -2.47. The summed E-state index contributed by atoms with van der Waals surface area (Å²) in [6, 6.07) is 18.5. The highest BCUT2D eigenvalue weighted by molar-refractivity contribution is 8.14. The first-order valence-corrected chi connectivity index (χ1v) is 15.8. The third-order valence-corrected chi connectivity index (χ3v) is 8.48. The molecule has 0 saturated carbocycles. The number of ether oxygens (including phenoxy) is 1. The average Bonchev–Trinajstić information content (AvgIpc) is 3.52. The van der Waals surface area contributed by atoms with Gasteiger partial charge in [-0.05, 0) is 72.9 Å². The predicted molar refractivity (Wildman–Crippen MR) is 172 cm³/mol. The zero-order valence-corrected chi connectivity index (χ0v) is 26.5. The van der Waals surface area contributed by atoms with Crippen LogP contribution >= 0.6 is 11.8 Å². The molecule has 14 heteroatoms. The number of nitriles is 1. The second-order valence-corrected chi connectivity index (χ2v) is 12.2. The van der Waals surface area contributed by atoms with E-state index in [1.54, 1.807) is 30.3 Å². The minimum Gasteiger partial charge on any atom is -0.406 e. The summed E-state index contributed by atoms with van der Waals surface area (Å²) in [7, 11) is 0. The van der Waals surface area contributed by atoms with E-state index >= 15 is 0 Å². The lowest BCUT2D eigenvalue weighted by atomic mass is 9.99. The van der Waals surface area contributed by atoms with Crippen LogP contribution in [-0.2, 0) is 0 Å². The maximum absolute atomic E-state index is 14.1. The molecule has 2 atom stereocenters. The first kappa shape index (κ1) is 33.5. The van der Waals surface area contributed by atoms with Crippen LogP contribution in [0.25, 0.3) is 17.1 Å². The number of nitrogens with one attached hydrogen (secondary N) is 1. The van der Waals surface area contributed by atoms with Gasteiger partial charge in [0.2, 0.25) is 0 Å². The number of hydrogen-bond donors (Lipinski definition) is 1. The van der Waals surface area contributed by atoms with Crippen LogP contribution < -0.4 is 15.0 Å². The molecule has 9 nitrogen and oxygen atoms in total. The monoisotopic (exact) mass is 665 g/mol. The van der Waals surface area contributed by atoms with Gasteiger partial charge in [-0.25, -0.2) is 18.9 Å². The van der Waals surface area contributed by atoms with E-state index in [0.717, 1.165) is 23.4 Å². The Morgan fingerprint density at radius 2 is 1.87 bits per heavy atom. The van der Waals surface area contributed by atoms with Crippen LogP contribution in [0, 0.1) is 17.1 Å². The van der Waals surface area contributed by atoms with Crippen LogP contribution in [0.5, 0.6) is 5.75 Å². The molecule has 0 spiro atoms. The zero-order chi connectivity index (χ0) is 33.7. The maximum atomic E-state index is 14.1. The second kappa shape index (κ2) is 14.3. The quantitative estimate of drug-likeness (QED) is 0.191. The summed E-state index contributed by atoms with van der Waals surface area (Å²) < 4.78 is 56.7. The number of amidine groups is 1. The van der Waals surface area contributed by atoms with Crippen LogP contribution in [0.15, 0.2) is 78.0 Å². The number of carbonyl (C=O) groups is 1. The number of aliphatic imine (C=N–C) groups is 1. The lowest BCUT2D eigenvalue weighted by Crippen LogP contribution is -2.43. The molecule has 1 aliphatic rings. The molecular formula is C33H31F4N7O2S. The van der Waals surface area contributed by atoms with Gasteiger partial charge in [0.1, 0.15) is 17.9 Å². The molecule has 2 unspecified atom stereocenters. The van der Waals surface area contributed by atoms with Crippen molar-refractivity contribution < 1.29 is 27.1 Å². The van der Waals surface area contributed by atoms with Crippen molar-refractivity contribution in [3.63, 3.8) is 0 Å². The van der Waals surface area contributed by atoms with Crippen molar-refractivity contribution in [1.29, 1.82) is 5.26 Å². The zero-order valence-electron chi connectivity index (χ0n) is 25.7. The number of nitrogens with zero attached hydrogens (tertiary/aromatic N) is 6. The minimum absolute atomic E-state index is 0.0282. The van der Waals surface area contributed by atoms with E-state index in [1.807, 2.05) is 25.7 Å². The molecule has 2 amide bonds. The molecular weight excluding hydrogens is 634 g/mol.